The van der Waals surface area contributed by atoms with Crippen molar-refractivity contribution in [2.45, 2.75) is 24.8 Å². The molecule has 1 fully saturated rings. The molecule has 76 valence electrons. The van der Waals surface area contributed by atoms with Crippen LogP contribution in [-0.2, 0) is 5.54 Å². The van der Waals surface area contributed by atoms with E-state index in [9.17, 15) is 8.78 Å². The number of benzene rings is 1. The van der Waals surface area contributed by atoms with Gasteiger partial charge in [0.1, 0.15) is 0 Å². The summed E-state index contributed by atoms with van der Waals surface area (Å²) < 4.78 is 25.9. The summed E-state index contributed by atoms with van der Waals surface area (Å²) >= 11 is 0. The predicted octanol–water partition coefficient (Wildman–Crippen LogP) is 1.88. The first-order valence-corrected chi connectivity index (χ1v) is 4.57. The molecule has 2 rings (SSSR count). The summed E-state index contributed by atoms with van der Waals surface area (Å²) in [5.41, 5.74) is 11.2. The van der Waals surface area contributed by atoms with Crippen molar-refractivity contribution >= 4 is 5.69 Å². The van der Waals surface area contributed by atoms with E-state index in [1.165, 1.54) is 6.07 Å². The average Bonchev–Trinajstić information content (AvgIpc) is 2.09. The molecule has 0 aliphatic heterocycles. The maximum absolute atomic E-state index is 13.0. The molecule has 0 radical (unpaired) electrons. The van der Waals surface area contributed by atoms with Gasteiger partial charge in [-0.25, -0.2) is 8.78 Å². The van der Waals surface area contributed by atoms with Crippen LogP contribution in [0.3, 0.4) is 0 Å². The first-order chi connectivity index (χ1) is 6.53. The SMILES string of the molecule is Nc1cc(C2(N)CCC2)cc(F)c1F. The van der Waals surface area contributed by atoms with Gasteiger partial charge >= 0.3 is 0 Å². The Bertz CT molecular complexity index is 349. The number of nitrogen functional groups attached to an aromatic ring is 1. The van der Waals surface area contributed by atoms with Crippen molar-refractivity contribution in [3.05, 3.63) is 29.3 Å². The summed E-state index contributed by atoms with van der Waals surface area (Å²) in [6.45, 7) is 0. The van der Waals surface area contributed by atoms with E-state index in [2.05, 4.69) is 0 Å². The van der Waals surface area contributed by atoms with Gasteiger partial charge in [-0.15, -0.1) is 0 Å². The maximum Gasteiger partial charge on any atom is 0.181 e. The minimum absolute atomic E-state index is 0.170. The number of anilines is 1. The number of halogens is 2. The molecule has 1 aromatic carbocycles. The molecule has 1 aromatic rings. The predicted molar refractivity (Wildman–Crippen MR) is 50.5 cm³/mol. The quantitative estimate of drug-likeness (QED) is 0.677. The van der Waals surface area contributed by atoms with Crippen LogP contribution in [0.4, 0.5) is 14.5 Å². The molecule has 0 spiro atoms. The zero-order valence-electron chi connectivity index (χ0n) is 7.69. The molecular formula is C10H12F2N2. The van der Waals surface area contributed by atoms with Crippen molar-refractivity contribution < 1.29 is 8.78 Å². The summed E-state index contributed by atoms with van der Waals surface area (Å²) in [5, 5.41) is 0. The smallest absolute Gasteiger partial charge is 0.181 e. The highest BCUT2D eigenvalue weighted by atomic mass is 19.2. The number of hydrogen-bond donors (Lipinski definition) is 2. The monoisotopic (exact) mass is 198 g/mol. The lowest BCUT2D eigenvalue weighted by atomic mass is 9.72. The van der Waals surface area contributed by atoms with E-state index in [4.69, 9.17) is 11.5 Å². The summed E-state index contributed by atoms with van der Waals surface area (Å²) in [6, 6.07) is 2.57. The van der Waals surface area contributed by atoms with Crippen molar-refractivity contribution in [2.24, 2.45) is 5.73 Å². The number of rotatable bonds is 1. The lowest BCUT2D eigenvalue weighted by Crippen LogP contribution is -2.43. The minimum Gasteiger partial charge on any atom is -0.396 e. The Morgan fingerprint density at radius 1 is 1.21 bits per heavy atom. The fraction of sp³-hybridized carbons (Fsp3) is 0.400. The van der Waals surface area contributed by atoms with Crippen LogP contribution in [0.25, 0.3) is 0 Å². The molecule has 0 unspecified atom stereocenters. The Kier molecular flexibility index (Phi) is 1.96. The second kappa shape index (κ2) is 2.92. The highest BCUT2D eigenvalue weighted by molar-refractivity contribution is 5.46. The molecule has 2 nitrogen and oxygen atoms in total. The van der Waals surface area contributed by atoms with Crippen LogP contribution in [0, 0.1) is 11.6 Å². The van der Waals surface area contributed by atoms with Gasteiger partial charge in [-0.05, 0) is 37.0 Å². The van der Waals surface area contributed by atoms with Crippen molar-refractivity contribution in [1.82, 2.24) is 0 Å². The van der Waals surface area contributed by atoms with Gasteiger partial charge < -0.3 is 11.5 Å². The van der Waals surface area contributed by atoms with E-state index in [1.54, 1.807) is 0 Å². The van der Waals surface area contributed by atoms with Gasteiger partial charge in [-0.3, -0.25) is 0 Å². The second-order valence-electron chi connectivity index (χ2n) is 3.87. The van der Waals surface area contributed by atoms with Crippen LogP contribution >= 0.6 is 0 Å². The van der Waals surface area contributed by atoms with Gasteiger partial charge in [0.05, 0.1) is 5.69 Å². The van der Waals surface area contributed by atoms with Crippen LogP contribution in [-0.4, -0.2) is 0 Å². The zero-order valence-corrected chi connectivity index (χ0v) is 7.69. The van der Waals surface area contributed by atoms with Crippen molar-refractivity contribution in [2.75, 3.05) is 5.73 Å². The molecule has 4 heteroatoms. The van der Waals surface area contributed by atoms with Crippen LogP contribution < -0.4 is 11.5 Å². The molecule has 0 aromatic heterocycles. The van der Waals surface area contributed by atoms with Gasteiger partial charge in [0.2, 0.25) is 0 Å². The fourth-order valence-corrected chi connectivity index (χ4v) is 1.74. The van der Waals surface area contributed by atoms with Crippen LogP contribution in [0.5, 0.6) is 0 Å². The van der Waals surface area contributed by atoms with E-state index < -0.39 is 17.2 Å². The Balaban J connectivity index is 2.45. The Labute approximate surface area is 80.9 Å². The zero-order chi connectivity index (χ0) is 10.3. The molecule has 1 saturated carbocycles. The second-order valence-corrected chi connectivity index (χ2v) is 3.87. The number of hydrogen-bond acceptors (Lipinski definition) is 2. The van der Waals surface area contributed by atoms with Crippen molar-refractivity contribution in [1.29, 1.82) is 0 Å². The molecule has 0 bridgehead atoms. The lowest BCUT2D eigenvalue weighted by Gasteiger charge is -2.38. The van der Waals surface area contributed by atoms with Gasteiger partial charge in [0.25, 0.3) is 0 Å². The van der Waals surface area contributed by atoms with E-state index in [-0.39, 0.29) is 5.69 Å². The molecule has 0 amide bonds. The van der Waals surface area contributed by atoms with Gasteiger partial charge in [0.15, 0.2) is 11.6 Å². The third-order valence-electron chi connectivity index (χ3n) is 2.88. The topological polar surface area (TPSA) is 52.0 Å². The minimum atomic E-state index is -0.989. The average molecular weight is 198 g/mol. The van der Waals surface area contributed by atoms with Gasteiger partial charge in [-0.2, -0.15) is 0 Å². The van der Waals surface area contributed by atoms with E-state index in [0.717, 1.165) is 25.3 Å². The molecule has 1 aliphatic carbocycles. The molecule has 0 saturated heterocycles. The molecule has 14 heavy (non-hydrogen) atoms. The third kappa shape index (κ3) is 1.26. The Morgan fingerprint density at radius 2 is 1.86 bits per heavy atom. The van der Waals surface area contributed by atoms with E-state index in [0.29, 0.717) is 5.56 Å². The van der Waals surface area contributed by atoms with E-state index >= 15 is 0 Å². The van der Waals surface area contributed by atoms with E-state index in [1.807, 2.05) is 0 Å². The molecular weight excluding hydrogens is 186 g/mol. The maximum atomic E-state index is 13.0. The third-order valence-corrected chi connectivity index (χ3v) is 2.88. The molecule has 0 heterocycles. The highest BCUT2D eigenvalue weighted by Crippen LogP contribution is 2.39. The largest absolute Gasteiger partial charge is 0.396 e. The summed E-state index contributed by atoms with van der Waals surface area (Å²) in [6.07, 6.45) is 2.63. The summed E-state index contributed by atoms with van der Waals surface area (Å²) in [5.74, 6) is -1.91. The Morgan fingerprint density at radius 3 is 2.29 bits per heavy atom. The number of nitrogens with two attached hydrogens (primary N) is 2. The van der Waals surface area contributed by atoms with Gasteiger partial charge in [-0.1, -0.05) is 0 Å². The normalized spacial score (nSPS) is 19.1. The molecule has 4 N–H and O–H groups in total. The van der Waals surface area contributed by atoms with Gasteiger partial charge in [0, 0.05) is 5.54 Å². The van der Waals surface area contributed by atoms with Crippen LogP contribution in [0.1, 0.15) is 24.8 Å². The lowest BCUT2D eigenvalue weighted by molar-refractivity contribution is 0.252. The van der Waals surface area contributed by atoms with Crippen molar-refractivity contribution in [3.8, 4) is 0 Å². The highest BCUT2D eigenvalue weighted by Gasteiger charge is 2.35. The van der Waals surface area contributed by atoms with Crippen molar-refractivity contribution in [3.63, 3.8) is 0 Å². The molecule has 1 aliphatic rings. The Hall–Kier alpha value is -1.16. The summed E-state index contributed by atoms with van der Waals surface area (Å²) in [4.78, 5) is 0. The van der Waals surface area contributed by atoms with Crippen LogP contribution in [0.15, 0.2) is 12.1 Å². The molecule has 0 atom stereocenters. The first kappa shape index (κ1) is 9.40. The first-order valence-electron chi connectivity index (χ1n) is 4.57. The summed E-state index contributed by atoms with van der Waals surface area (Å²) in [7, 11) is 0. The standard InChI is InChI=1S/C10H12F2N2/c11-7-4-6(5-8(13)9(7)12)10(14)2-1-3-10/h4-5H,1-3,13-14H2. The fourth-order valence-electron chi connectivity index (χ4n) is 1.74. The van der Waals surface area contributed by atoms with Crippen LogP contribution in [0.2, 0.25) is 0 Å².